The van der Waals surface area contributed by atoms with Crippen LogP contribution in [0.15, 0.2) is 30.3 Å². The number of carbonyl (C=O) groups excluding carboxylic acids is 1. The maximum absolute atomic E-state index is 13.4. The van der Waals surface area contributed by atoms with Crippen LogP contribution in [0.3, 0.4) is 0 Å². The normalized spacial score (nSPS) is 30.8. The summed E-state index contributed by atoms with van der Waals surface area (Å²) in [4.78, 5) is 28.4. The van der Waals surface area contributed by atoms with E-state index in [-0.39, 0.29) is 12.1 Å². The standard InChI is InChI=1S/C20H26N3O3/c24-19(25)18-10-5-11-22(18)20(26)23(16-8-2-1-3-9-16)17-12-14-6-4-7-15(13-17)21-14/h1-3,8-9,14-15,17-18H,4-7,10-13H2,(H,24,25)/q-1/t14-,15+,17?,18-/m0/s1. The highest BCUT2D eigenvalue weighted by Gasteiger charge is 2.39. The first-order valence-electron chi connectivity index (χ1n) is 9.71. The third kappa shape index (κ3) is 3.30. The zero-order chi connectivity index (χ0) is 18.1. The highest BCUT2D eigenvalue weighted by Crippen LogP contribution is 2.39. The molecule has 3 saturated heterocycles. The number of fused-ring (bicyclic) bond motifs is 2. The number of carboxylic acid groups (broad SMARTS) is 1. The number of anilines is 1. The van der Waals surface area contributed by atoms with Gasteiger partial charge in [-0.3, -0.25) is 4.90 Å². The van der Waals surface area contributed by atoms with Gasteiger partial charge in [0.05, 0.1) is 0 Å². The Bertz CT molecular complexity index is 654. The van der Waals surface area contributed by atoms with Crippen molar-refractivity contribution in [3.63, 3.8) is 0 Å². The number of rotatable bonds is 3. The van der Waals surface area contributed by atoms with Crippen molar-refractivity contribution in [1.29, 1.82) is 0 Å². The zero-order valence-corrected chi connectivity index (χ0v) is 15.0. The van der Waals surface area contributed by atoms with Crippen LogP contribution in [0.5, 0.6) is 0 Å². The van der Waals surface area contributed by atoms with E-state index in [4.69, 9.17) is 5.32 Å². The van der Waals surface area contributed by atoms with Gasteiger partial charge in [-0.2, -0.15) is 0 Å². The van der Waals surface area contributed by atoms with Crippen LogP contribution in [0, 0.1) is 0 Å². The largest absolute Gasteiger partial charge is 0.657 e. The lowest BCUT2D eigenvalue weighted by Gasteiger charge is -2.54. The molecule has 0 aromatic heterocycles. The Balaban J connectivity index is 1.63. The minimum atomic E-state index is -0.903. The van der Waals surface area contributed by atoms with Crippen molar-refractivity contribution in [2.45, 2.75) is 69.1 Å². The molecule has 0 spiro atoms. The van der Waals surface area contributed by atoms with Crippen molar-refractivity contribution in [1.82, 2.24) is 4.90 Å². The van der Waals surface area contributed by atoms with Gasteiger partial charge in [-0.25, -0.2) is 9.59 Å². The summed E-state index contributed by atoms with van der Waals surface area (Å²) in [5.41, 5.74) is 0.860. The summed E-state index contributed by atoms with van der Waals surface area (Å²) >= 11 is 0. The molecular weight excluding hydrogens is 330 g/mol. The molecule has 3 aliphatic rings. The van der Waals surface area contributed by atoms with Crippen molar-refractivity contribution in [3.05, 3.63) is 35.6 Å². The topological polar surface area (TPSA) is 75.0 Å². The summed E-state index contributed by atoms with van der Waals surface area (Å²) in [7, 11) is 0. The van der Waals surface area contributed by atoms with Crippen LogP contribution >= 0.6 is 0 Å². The molecule has 26 heavy (non-hydrogen) atoms. The molecule has 0 radical (unpaired) electrons. The molecule has 4 atom stereocenters. The number of para-hydroxylation sites is 1. The number of benzene rings is 1. The van der Waals surface area contributed by atoms with E-state index in [0.29, 0.717) is 25.0 Å². The smallest absolute Gasteiger partial charge is 0.326 e. The molecule has 140 valence electrons. The number of carboxylic acids is 1. The average molecular weight is 356 g/mol. The molecule has 1 aromatic rings. The van der Waals surface area contributed by atoms with Crippen molar-refractivity contribution < 1.29 is 14.7 Å². The monoisotopic (exact) mass is 356 g/mol. The van der Waals surface area contributed by atoms with E-state index >= 15 is 0 Å². The summed E-state index contributed by atoms with van der Waals surface area (Å²) in [6.45, 7) is 0.517. The molecule has 2 amide bonds. The molecule has 0 aliphatic carbocycles. The molecule has 6 nitrogen and oxygen atoms in total. The number of amides is 2. The van der Waals surface area contributed by atoms with Crippen molar-refractivity contribution >= 4 is 17.7 Å². The number of carbonyl (C=O) groups is 2. The number of piperidine rings is 2. The molecule has 3 aliphatic heterocycles. The van der Waals surface area contributed by atoms with Gasteiger partial charge in [0, 0.05) is 18.3 Å². The number of aliphatic carboxylic acids is 1. The lowest BCUT2D eigenvalue weighted by atomic mass is 9.83. The SMILES string of the molecule is O=C(O)[C@@H]1CCCN1C(=O)N(c1ccccc1)C1C[C@H]2CCC[C@@H](C1)[N-]2. The fourth-order valence-corrected chi connectivity index (χ4v) is 4.79. The van der Waals surface area contributed by atoms with Crippen LogP contribution in [-0.4, -0.2) is 52.7 Å². The summed E-state index contributed by atoms with van der Waals surface area (Å²) in [6, 6.07) is 9.59. The average Bonchev–Trinajstić information content (AvgIpc) is 3.13. The number of hydrogen-bond donors (Lipinski definition) is 1. The molecular formula is C20H26N3O3-. The minimum Gasteiger partial charge on any atom is -0.657 e. The van der Waals surface area contributed by atoms with Gasteiger partial charge in [-0.1, -0.05) is 37.5 Å². The summed E-state index contributed by atoms with van der Waals surface area (Å²) in [5, 5.41) is 14.4. The van der Waals surface area contributed by atoms with Crippen molar-refractivity contribution in [3.8, 4) is 0 Å². The molecule has 0 saturated carbocycles. The predicted octanol–water partition coefficient (Wildman–Crippen LogP) is 3.62. The van der Waals surface area contributed by atoms with Crippen LogP contribution in [0.1, 0.15) is 44.9 Å². The second kappa shape index (κ2) is 7.27. The number of likely N-dealkylation sites (tertiary alicyclic amines) is 1. The maximum atomic E-state index is 13.4. The van der Waals surface area contributed by atoms with Gasteiger partial charge in [-0.05, 0) is 37.8 Å². The predicted molar refractivity (Wildman–Crippen MR) is 99.5 cm³/mol. The van der Waals surface area contributed by atoms with Gasteiger partial charge >= 0.3 is 12.0 Å². The van der Waals surface area contributed by atoms with Crippen LogP contribution in [-0.2, 0) is 4.79 Å². The lowest BCUT2D eigenvalue weighted by Crippen LogP contribution is -2.54. The second-order valence-corrected chi connectivity index (χ2v) is 7.69. The number of urea groups is 1. The van der Waals surface area contributed by atoms with E-state index in [1.807, 2.05) is 35.2 Å². The van der Waals surface area contributed by atoms with Gasteiger partial charge < -0.3 is 15.3 Å². The summed E-state index contributed by atoms with van der Waals surface area (Å²) in [6.07, 6.45) is 6.46. The van der Waals surface area contributed by atoms with Gasteiger partial charge in [0.1, 0.15) is 6.04 Å². The van der Waals surface area contributed by atoms with Gasteiger partial charge in [0.25, 0.3) is 0 Å². The van der Waals surface area contributed by atoms with Crippen LogP contribution in [0.4, 0.5) is 10.5 Å². The lowest BCUT2D eigenvalue weighted by molar-refractivity contribution is -0.141. The third-order valence-electron chi connectivity index (χ3n) is 5.97. The first-order valence-corrected chi connectivity index (χ1v) is 9.71. The first kappa shape index (κ1) is 17.3. The summed E-state index contributed by atoms with van der Waals surface area (Å²) in [5.74, 6) is -0.903. The van der Waals surface area contributed by atoms with Gasteiger partial charge in [-0.15, -0.1) is 12.1 Å². The maximum Gasteiger partial charge on any atom is 0.326 e. The summed E-state index contributed by atoms with van der Waals surface area (Å²) < 4.78 is 0. The second-order valence-electron chi connectivity index (χ2n) is 7.69. The first-order chi connectivity index (χ1) is 12.6. The van der Waals surface area contributed by atoms with Crippen molar-refractivity contribution in [2.75, 3.05) is 11.4 Å². The molecule has 1 N–H and O–H groups in total. The Kier molecular flexibility index (Phi) is 4.85. The van der Waals surface area contributed by atoms with E-state index in [9.17, 15) is 14.7 Å². The van der Waals surface area contributed by atoms with E-state index < -0.39 is 12.0 Å². The molecule has 4 rings (SSSR count). The highest BCUT2D eigenvalue weighted by atomic mass is 16.4. The Morgan fingerprint density at radius 2 is 1.73 bits per heavy atom. The molecule has 6 heteroatoms. The van der Waals surface area contributed by atoms with E-state index in [2.05, 4.69) is 0 Å². The van der Waals surface area contributed by atoms with Crippen LogP contribution in [0.25, 0.3) is 5.32 Å². The molecule has 1 unspecified atom stereocenters. The Hall–Kier alpha value is -2.08. The Morgan fingerprint density at radius 1 is 1.04 bits per heavy atom. The molecule has 3 fully saturated rings. The van der Waals surface area contributed by atoms with E-state index in [1.54, 1.807) is 4.90 Å². The highest BCUT2D eigenvalue weighted by molar-refractivity contribution is 5.95. The fourth-order valence-electron chi connectivity index (χ4n) is 4.79. The molecule has 2 bridgehead atoms. The van der Waals surface area contributed by atoms with Crippen LogP contribution < -0.4 is 4.90 Å². The molecule has 3 heterocycles. The van der Waals surface area contributed by atoms with E-state index in [1.165, 1.54) is 6.42 Å². The van der Waals surface area contributed by atoms with Gasteiger partial charge in [0.15, 0.2) is 0 Å². The van der Waals surface area contributed by atoms with Gasteiger partial charge in [0.2, 0.25) is 0 Å². The Morgan fingerprint density at radius 3 is 2.38 bits per heavy atom. The quantitative estimate of drug-likeness (QED) is 0.899. The Labute approximate surface area is 154 Å². The van der Waals surface area contributed by atoms with E-state index in [0.717, 1.165) is 37.8 Å². The van der Waals surface area contributed by atoms with Crippen LogP contribution in [0.2, 0.25) is 0 Å². The number of hydrogen-bond acceptors (Lipinski definition) is 2. The minimum absolute atomic E-state index is 0.0905. The third-order valence-corrected chi connectivity index (χ3v) is 5.97. The fraction of sp³-hybridized carbons (Fsp3) is 0.600. The molecule has 1 aromatic carbocycles. The zero-order valence-electron chi connectivity index (χ0n) is 15.0. The van der Waals surface area contributed by atoms with Crippen molar-refractivity contribution in [2.24, 2.45) is 0 Å². The number of nitrogens with zero attached hydrogens (tertiary/aromatic N) is 3.